The fourth-order valence-electron chi connectivity index (χ4n) is 12.3. The molecule has 6 aliphatic rings. The summed E-state index contributed by atoms with van der Waals surface area (Å²) in [5.41, 5.74) is 17.8. The van der Waals surface area contributed by atoms with E-state index in [0.29, 0.717) is 5.92 Å². The molecule has 5 aliphatic carbocycles. The molecule has 5 nitrogen and oxygen atoms in total. The standard InChI is InChI=1S/C55H46IN5/c1-58-45-26-8-2-20-38(45)40-22-14-24-42(53(40)58)43-25-15-23-41-39-21-7-13-31-50(39)61(54(41)43)52-32-51(59-46-27-9-3-16-34(46)35-17-4-10-28-47(35)59)55(44(33-57)56-52)60-48-29-11-5-18-36(48)37-19-6-12-30-49(37)60/h2-8,11,13-23,26,29,31-32,42-43,51,55H,9-10,12,24-25,27-28,30H2,1H3. The van der Waals surface area contributed by atoms with Gasteiger partial charge in [-0.15, -0.1) is 0 Å². The Morgan fingerprint density at radius 3 is 1.72 bits per heavy atom. The van der Waals surface area contributed by atoms with E-state index in [1.54, 1.807) is 0 Å². The maximum atomic E-state index is 11.7. The lowest BCUT2D eigenvalue weighted by molar-refractivity contribution is 0.449. The summed E-state index contributed by atoms with van der Waals surface area (Å²) in [6.07, 6.45) is 34.6. The summed E-state index contributed by atoms with van der Waals surface area (Å²) in [5, 5.41) is 15.6. The molecule has 0 saturated heterocycles. The molecule has 4 unspecified atom stereocenters. The average Bonchev–Trinajstić information content (AvgIpc) is 4.04. The maximum absolute atomic E-state index is 11.7. The number of aryl methyl sites for hydroxylation is 1. The molecule has 4 atom stereocenters. The van der Waals surface area contributed by atoms with Crippen molar-refractivity contribution in [2.45, 2.75) is 75.3 Å². The van der Waals surface area contributed by atoms with Gasteiger partial charge in [0.15, 0.2) is 0 Å². The lowest BCUT2D eigenvalue weighted by atomic mass is 9.75. The number of para-hydroxylation sites is 3. The Hall–Kier alpha value is -5.91. The van der Waals surface area contributed by atoms with Crippen molar-refractivity contribution in [3.63, 3.8) is 0 Å². The zero-order chi connectivity index (χ0) is 40.3. The van der Waals surface area contributed by atoms with Crippen molar-refractivity contribution in [3.05, 3.63) is 166 Å². The van der Waals surface area contributed by atoms with E-state index in [9.17, 15) is 5.26 Å². The normalized spacial score (nSPS) is 22.3. The fourth-order valence-corrected chi connectivity index (χ4v) is 15.3. The van der Waals surface area contributed by atoms with E-state index >= 15 is 0 Å². The van der Waals surface area contributed by atoms with Crippen LogP contribution in [0.5, 0.6) is 0 Å². The Morgan fingerprint density at radius 1 is 0.557 bits per heavy atom. The summed E-state index contributed by atoms with van der Waals surface area (Å²) < 4.78 is 13.0. The van der Waals surface area contributed by atoms with E-state index in [1.165, 1.54) is 92.7 Å². The highest BCUT2D eigenvalue weighted by atomic mass is 127. The third kappa shape index (κ3) is 5.07. The number of hydrogen-bond acceptors (Lipinski definition) is 1. The minimum absolute atomic E-state index is 0.0591. The smallest absolute Gasteiger partial charge is 0.103 e. The number of nitriles is 1. The van der Waals surface area contributed by atoms with Crippen LogP contribution in [0.3, 0.4) is 0 Å². The van der Waals surface area contributed by atoms with Gasteiger partial charge in [-0.25, -0.2) is 0 Å². The van der Waals surface area contributed by atoms with Gasteiger partial charge in [0.05, 0.1) is 24.8 Å². The van der Waals surface area contributed by atoms with Gasteiger partial charge in [0.1, 0.15) is 6.07 Å². The van der Waals surface area contributed by atoms with E-state index in [4.69, 9.17) is 0 Å². The molecule has 0 saturated carbocycles. The number of rotatable bonds is 4. The molecule has 5 heterocycles. The molecule has 7 aromatic rings. The van der Waals surface area contributed by atoms with E-state index < -0.39 is 20.7 Å². The first-order valence-electron chi connectivity index (χ1n) is 22.2. The maximum Gasteiger partial charge on any atom is 0.103 e. The lowest BCUT2D eigenvalue weighted by Gasteiger charge is -2.37. The van der Waals surface area contributed by atoms with Crippen molar-refractivity contribution < 1.29 is 0 Å². The van der Waals surface area contributed by atoms with E-state index in [-0.39, 0.29) is 18.0 Å². The Kier molecular flexibility index (Phi) is 8.10. The zero-order valence-corrected chi connectivity index (χ0v) is 36.5. The molecule has 0 spiro atoms. The van der Waals surface area contributed by atoms with Crippen LogP contribution in [0.25, 0.3) is 66.8 Å². The molecule has 3 aromatic carbocycles. The first-order chi connectivity index (χ1) is 30.2. The monoisotopic (exact) mass is 903 g/mol. The predicted molar refractivity (Wildman–Crippen MR) is 263 cm³/mol. The topological polar surface area (TPSA) is 43.5 Å². The van der Waals surface area contributed by atoms with Gasteiger partial charge in [-0.05, 0) is 96.4 Å². The van der Waals surface area contributed by atoms with Crippen LogP contribution in [-0.4, -0.2) is 21.8 Å². The second kappa shape index (κ2) is 13.8. The number of benzene rings is 3. The third-order valence-electron chi connectivity index (χ3n) is 14.7. The highest BCUT2D eigenvalue weighted by molar-refractivity contribution is 14.2. The first kappa shape index (κ1) is 35.8. The molecule has 6 heteroatoms. The van der Waals surface area contributed by atoms with E-state index in [0.717, 1.165) is 54.9 Å². The van der Waals surface area contributed by atoms with E-state index in [1.807, 2.05) is 0 Å². The van der Waals surface area contributed by atoms with Crippen LogP contribution in [0.1, 0.15) is 112 Å². The van der Waals surface area contributed by atoms with Crippen molar-refractivity contribution >= 4 is 91.0 Å². The van der Waals surface area contributed by atoms with Crippen LogP contribution in [-0.2, 0) is 26.3 Å². The first-order valence-corrected chi connectivity index (χ1v) is 24.4. The van der Waals surface area contributed by atoms with Gasteiger partial charge in [0, 0.05) is 102 Å². The Morgan fingerprint density at radius 2 is 1.07 bits per heavy atom. The van der Waals surface area contributed by atoms with Gasteiger partial charge in [0.25, 0.3) is 0 Å². The number of halogens is 1. The van der Waals surface area contributed by atoms with Gasteiger partial charge >= 0.3 is 0 Å². The summed E-state index contributed by atoms with van der Waals surface area (Å²) in [4.78, 5) is 0. The SMILES string of the molecule is Cn1c2c(c3ccccc31)C=CCC2C1CC=Cc2c1n(C1=CC(n3c4c(c5c3CCC=C5)C=CCC4)C(n3c4c(c5ccccc53)C=CCC4)C(C#N)=I1)c1ccccc21. The molecule has 0 bridgehead atoms. The molecular formula is C55H46IN5. The molecule has 61 heavy (non-hydrogen) atoms. The molecule has 0 amide bonds. The molecule has 0 fully saturated rings. The number of fused-ring (bicyclic) bond motifs is 12. The zero-order valence-electron chi connectivity index (χ0n) is 34.4. The minimum atomic E-state index is -0.866. The number of hydrogen-bond donors (Lipinski definition) is 0. The number of allylic oxidation sites excluding steroid dienone is 6. The van der Waals surface area contributed by atoms with Crippen LogP contribution in [0.15, 0.2) is 109 Å². The molecule has 298 valence electrons. The molecular weight excluding hydrogens is 858 g/mol. The van der Waals surface area contributed by atoms with Gasteiger partial charge in [-0.2, -0.15) is 5.26 Å². The van der Waals surface area contributed by atoms with E-state index in [2.05, 4.69) is 171 Å². The van der Waals surface area contributed by atoms with Crippen LogP contribution in [0.2, 0.25) is 0 Å². The molecule has 4 aromatic heterocycles. The fraction of sp³-hybridized carbons (Fsp3) is 0.236. The van der Waals surface area contributed by atoms with Crippen molar-refractivity contribution in [1.82, 2.24) is 18.3 Å². The number of aromatic nitrogens is 4. The van der Waals surface area contributed by atoms with Crippen LogP contribution >= 0.6 is 20.7 Å². The Labute approximate surface area is 366 Å². The predicted octanol–water partition coefficient (Wildman–Crippen LogP) is 13.4. The van der Waals surface area contributed by atoms with Gasteiger partial charge < -0.3 is 18.3 Å². The lowest BCUT2D eigenvalue weighted by Crippen LogP contribution is -2.32. The third-order valence-corrected chi connectivity index (χ3v) is 17.6. The van der Waals surface area contributed by atoms with Crippen LogP contribution in [0.4, 0.5) is 0 Å². The van der Waals surface area contributed by atoms with Crippen molar-refractivity contribution in [2.24, 2.45) is 7.05 Å². The summed E-state index contributed by atoms with van der Waals surface area (Å²) >= 11 is -0.866. The summed E-state index contributed by atoms with van der Waals surface area (Å²) in [7, 11) is 2.28. The molecule has 1 aliphatic heterocycles. The summed E-state index contributed by atoms with van der Waals surface area (Å²) in [6, 6.07) is 29.8. The Balaban J connectivity index is 1.08. The molecule has 0 N–H and O–H groups in total. The largest absolute Gasteiger partial charge is 0.347 e. The average molecular weight is 904 g/mol. The molecule has 0 radical (unpaired) electrons. The van der Waals surface area contributed by atoms with Crippen LogP contribution < -0.4 is 0 Å². The van der Waals surface area contributed by atoms with Gasteiger partial charge in [0.2, 0.25) is 0 Å². The van der Waals surface area contributed by atoms with Crippen molar-refractivity contribution in [2.75, 3.05) is 0 Å². The number of nitrogens with zero attached hydrogens (tertiary/aromatic N) is 5. The summed E-state index contributed by atoms with van der Waals surface area (Å²) in [5.74, 6) is 0.600. The van der Waals surface area contributed by atoms with Gasteiger partial charge in [-0.1, -0.05) is 115 Å². The second-order valence-corrected chi connectivity index (χ2v) is 20.5. The van der Waals surface area contributed by atoms with Crippen molar-refractivity contribution in [1.29, 1.82) is 5.26 Å². The minimum Gasteiger partial charge on any atom is -0.347 e. The quantitative estimate of drug-likeness (QED) is 0.162. The van der Waals surface area contributed by atoms with Gasteiger partial charge in [-0.3, -0.25) is 0 Å². The van der Waals surface area contributed by atoms with Crippen LogP contribution in [0, 0.1) is 11.3 Å². The molecule has 13 rings (SSSR count). The second-order valence-electron chi connectivity index (χ2n) is 17.7. The Bertz CT molecular complexity index is 3270. The highest BCUT2D eigenvalue weighted by Crippen LogP contribution is 2.54. The summed E-state index contributed by atoms with van der Waals surface area (Å²) in [6.45, 7) is 0. The highest BCUT2D eigenvalue weighted by Gasteiger charge is 2.41. The van der Waals surface area contributed by atoms with Crippen molar-refractivity contribution in [3.8, 4) is 6.07 Å².